The number of nitrogens with zero attached hydrogens (tertiary/aromatic N) is 1. The highest BCUT2D eigenvalue weighted by molar-refractivity contribution is 9.10. The van der Waals surface area contributed by atoms with Gasteiger partial charge in [-0.05, 0) is 31.2 Å². The molecule has 0 aliphatic heterocycles. The number of hydrogen-bond acceptors (Lipinski definition) is 3. The van der Waals surface area contributed by atoms with Gasteiger partial charge >= 0.3 is 0 Å². The summed E-state index contributed by atoms with van der Waals surface area (Å²) in [5.74, 6) is 0.229. The predicted octanol–water partition coefficient (Wildman–Crippen LogP) is 4.96. The molecule has 0 fully saturated rings. The highest BCUT2D eigenvalue weighted by Gasteiger charge is 2.13. The summed E-state index contributed by atoms with van der Waals surface area (Å²) in [5, 5.41) is 1.09. The molecule has 0 N–H and O–H groups in total. The molecule has 0 atom stereocenters. The molecule has 0 aliphatic carbocycles. The van der Waals surface area contributed by atoms with Gasteiger partial charge in [-0.3, -0.25) is 4.99 Å². The highest BCUT2D eigenvalue weighted by atomic mass is 79.9. The van der Waals surface area contributed by atoms with Crippen molar-refractivity contribution in [1.29, 1.82) is 0 Å². The van der Waals surface area contributed by atoms with Crippen LogP contribution in [0.2, 0.25) is 19.6 Å². The Morgan fingerprint density at radius 3 is 2.48 bits per heavy atom. The maximum atomic E-state index is 11.1. The van der Waals surface area contributed by atoms with Gasteiger partial charge < -0.3 is 4.79 Å². The lowest BCUT2D eigenvalue weighted by molar-refractivity contribution is -0.116. The zero-order valence-corrected chi connectivity index (χ0v) is 16.9. The van der Waals surface area contributed by atoms with Gasteiger partial charge in [0.15, 0.2) is 0 Å². The minimum atomic E-state index is -1.17. The van der Waals surface area contributed by atoms with Crippen LogP contribution >= 0.6 is 27.7 Å². The van der Waals surface area contributed by atoms with Crippen molar-refractivity contribution >= 4 is 46.6 Å². The molecule has 2 nitrogen and oxygen atoms in total. The molecule has 0 spiro atoms. The van der Waals surface area contributed by atoms with Gasteiger partial charge in [0.1, 0.15) is 5.78 Å². The van der Waals surface area contributed by atoms with Crippen LogP contribution in [0.4, 0.5) is 0 Å². The molecule has 0 radical (unpaired) electrons. The fourth-order valence-electron chi connectivity index (χ4n) is 1.78. The maximum Gasteiger partial charge on any atom is 0.130 e. The molecular formula is C16H24BrNOSSi. The van der Waals surface area contributed by atoms with Crippen molar-refractivity contribution in [1.82, 2.24) is 0 Å². The molecule has 0 amide bonds. The van der Waals surface area contributed by atoms with Crippen molar-refractivity contribution < 1.29 is 4.79 Å². The topological polar surface area (TPSA) is 29.4 Å². The minimum Gasteiger partial charge on any atom is -0.300 e. The van der Waals surface area contributed by atoms with Gasteiger partial charge in [0, 0.05) is 22.6 Å². The fourth-order valence-corrected chi connectivity index (χ4v) is 3.66. The molecule has 0 bridgehead atoms. The molecule has 21 heavy (non-hydrogen) atoms. The number of benzene rings is 1. The largest absolute Gasteiger partial charge is 0.300 e. The van der Waals surface area contributed by atoms with E-state index in [1.165, 1.54) is 5.56 Å². The summed E-state index contributed by atoms with van der Waals surface area (Å²) in [6.07, 6.45) is 4.40. The molecule has 1 aromatic rings. The van der Waals surface area contributed by atoms with Crippen LogP contribution in [0.15, 0.2) is 27.7 Å². The summed E-state index contributed by atoms with van der Waals surface area (Å²) < 4.78 is 1.07. The molecule has 0 unspecified atom stereocenters. The van der Waals surface area contributed by atoms with E-state index in [1.54, 1.807) is 18.7 Å². The van der Waals surface area contributed by atoms with E-state index in [0.717, 1.165) is 27.7 Å². The van der Waals surface area contributed by atoms with E-state index < -0.39 is 8.07 Å². The summed E-state index contributed by atoms with van der Waals surface area (Å²) in [4.78, 5) is 15.9. The molecule has 0 aromatic heterocycles. The summed E-state index contributed by atoms with van der Waals surface area (Å²) in [5.41, 5.74) is 2.33. The molecule has 1 aromatic carbocycles. The lowest BCUT2D eigenvalue weighted by Crippen LogP contribution is -2.25. The monoisotopic (exact) mass is 385 g/mol. The Morgan fingerprint density at radius 1 is 1.33 bits per heavy atom. The predicted molar refractivity (Wildman–Crippen MR) is 101 cm³/mol. The quantitative estimate of drug-likeness (QED) is 0.393. The maximum absolute atomic E-state index is 11.1. The van der Waals surface area contributed by atoms with Crippen LogP contribution in [0.3, 0.4) is 0 Å². The van der Waals surface area contributed by atoms with E-state index in [0.29, 0.717) is 6.42 Å². The zero-order valence-electron chi connectivity index (χ0n) is 13.5. The number of thioether (sulfide) groups is 1. The summed E-state index contributed by atoms with van der Waals surface area (Å²) >= 11 is 5.31. The molecule has 0 saturated carbocycles. The van der Waals surface area contributed by atoms with Gasteiger partial charge in [0.25, 0.3) is 0 Å². The third-order valence-corrected chi connectivity index (χ3v) is 5.53. The van der Waals surface area contributed by atoms with E-state index in [1.807, 2.05) is 0 Å². The van der Waals surface area contributed by atoms with Gasteiger partial charge in [0.2, 0.25) is 0 Å². The Bertz CT molecular complexity index is 538. The number of halogens is 1. The van der Waals surface area contributed by atoms with Crippen LogP contribution in [0.5, 0.6) is 0 Å². The van der Waals surface area contributed by atoms with Gasteiger partial charge in [0.05, 0.1) is 13.1 Å². The summed E-state index contributed by atoms with van der Waals surface area (Å²) in [6, 6.07) is 6.33. The van der Waals surface area contributed by atoms with E-state index in [4.69, 9.17) is 4.99 Å². The second-order valence-corrected chi connectivity index (χ2v) is 13.5. The van der Waals surface area contributed by atoms with E-state index in [2.05, 4.69) is 60.0 Å². The Balaban J connectivity index is 2.92. The molecule has 0 aliphatic rings. The first kappa shape index (κ1) is 18.7. The third-order valence-electron chi connectivity index (χ3n) is 2.94. The fraction of sp³-hybridized carbons (Fsp3) is 0.500. The first-order valence-electron chi connectivity index (χ1n) is 7.09. The molecule has 1 rings (SSSR count). The average Bonchev–Trinajstić information content (AvgIpc) is 2.37. The number of carbonyl (C=O) groups is 1. The number of aryl methyl sites for hydroxylation is 1. The Kier molecular flexibility index (Phi) is 7.37. The zero-order chi connectivity index (χ0) is 16.0. The van der Waals surface area contributed by atoms with Gasteiger partial charge in [-0.15, -0.1) is 11.8 Å². The van der Waals surface area contributed by atoms with Gasteiger partial charge in [-0.1, -0.05) is 47.7 Å². The number of ketones is 1. The highest BCUT2D eigenvalue weighted by Crippen LogP contribution is 2.23. The standard InChI is InChI=1S/C16H24BrNOSSi/c1-12(19)6-7-13-8-9-14(10-15(13)17)16(20-2)18-11-21(3,4)5/h8-10H,6-7,11H2,1-5H3/b18-16-. The van der Waals surface area contributed by atoms with Crippen LogP contribution < -0.4 is 0 Å². The molecule has 0 saturated heterocycles. The second kappa shape index (κ2) is 8.29. The number of rotatable bonds is 6. The molecule has 0 heterocycles. The van der Waals surface area contributed by atoms with E-state index in [-0.39, 0.29) is 5.78 Å². The molecular weight excluding hydrogens is 362 g/mol. The smallest absolute Gasteiger partial charge is 0.130 e. The number of aliphatic imine (C=N–C) groups is 1. The van der Waals surface area contributed by atoms with Crippen molar-refractivity contribution in [2.75, 3.05) is 12.4 Å². The van der Waals surface area contributed by atoms with E-state index >= 15 is 0 Å². The van der Waals surface area contributed by atoms with Gasteiger partial charge in [-0.25, -0.2) is 0 Å². The van der Waals surface area contributed by atoms with Crippen LogP contribution in [-0.2, 0) is 11.2 Å². The Labute approximate surface area is 142 Å². The van der Waals surface area contributed by atoms with Crippen LogP contribution in [-0.4, -0.2) is 31.3 Å². The van der Waals surface area contributed by atoms with Crippen molar-refractivity contribution in [3.05, 3.63) is 33.8 Å². The first-order valence-corrected chi connectivity index (χ1v) is 12.8. The van der Waals surface area contributed by atoms with Crippen molar-refractivity contribution in [2.24, 2.45) is 4.99 Å². The van der Waals surface area contributed by atoms with Crippen molar-refractivity contribution in [2.45, 2.75) is 39.4 Å². The van der Waals surface area contributed by atoms with Crippen LogP contribution in [0.25, 0.3) is 0 Å². The lowest BCUT2D eigenvalue weighted by atomic mass is 10.1. The number of carbonyl (C=O) groups excluding carboxylic acids is 1. The number of hydrogen-bond donors (Lipinski definition) is 0. The van der Waals surface area contributed by atoms with E-state index in [9.17, 15) is 4.79 Å². The molecule has 5 heteroatoms. The van der Waals surface area contributed by atoms with Crippen LogP contribution in [0.1, 0.15) is 24.5 Å². The third kappa shape index (κ3) is 6.93. The molecule has 116 valence electrons. The summed E-state index contributed by atoms with van der Waals surface area (Å²) in [7, 11) is -1.17. The van der Waals surface area contributed by atoms with Crippen LogP contribution in [0, 0.1) is 0 Å². The average molecular weight is 386 g/mol. The first-order chi connectivity index (χ1) is 9.73. The minimum absolute atomic E-state index is 0.229. The Hall–Kier alpha value is -0.393. The summed E-state index contributed by atoms with van der Waals surface area (Å²) in [6.45, 7) is 8.62. The number of Topliss-reactive ketones (excluding diaryl/α,β-unsaturated/α-hetero) is 1. The Morgan fingerprint density at radius 2 is 2.00 bits per heavy atom. The van der Waals surface area contributed by atoms with Gasteiger partial charge in [-0.2, -0.15) is 0 Å². The van der Waals surface area contributed by atoms with Crippen molar-refractivity contribution in [3.63, 3.8) is 0 Å². The van der Waals surface area contributed by atoms with Crippen molar-refractivity contribution in [3.8, 4) is 0 Å². The normalized spacial score (nSPS) is 12.6. The lowest BCUT2D eigenvalue weighted by Gasteiger charge is -2.14. The second-order valence-electron chi connectivity index (χ2n) is 6.39. The SMILES string of the molecule is CS/C(=N\C[Si](C)(C)C)c1ccc(CCC(C)=O)c(Br)c1.